The van der Waals surface area contributed by atoms with Gasteiger partial charge in [0, 0.05) is 13.2 Å². The number of nitrogens with zero attached hydrogens (tertiary/aromatic N) is 4. The molecule has 8 heteroatoms. The van der Waals surface area contributed by atoms with Crippen molar-refractivity contribution in [1.29, 1.82) is 0 Å². The predicted octanol–water partition coefficient (Wildman–Crippen LogP) is 0.488. The molecule has 0 aliphatic rings. The molecule has 1 N–H and O–H groups in total. The van der Waals surface area contributed by atoms with E-state index in [4.69, 9.17) is 4.74 Å². The highest BCUT2D eigenvalue weighted by Gasteiger charge is 2.17. The lowest BCUT2D eigenvalue weighted by molar-refractivity contribution is 0.0909. The number of carbonyl (C=O) groups is 1. The van der Waals surface area contributed by atoms with E-state index in [2.05, 4.69) is 20.8 Å². The number of ether oxygens (including phenoxy) is 1. The zero-order valence-corrected chi connectivity index (χ0v) is 10.8. The number of hydrogen-bond acceptors (Lipinski definition) is 6. The summed E-state index contributed by atoms with van der Waals surface area (Å²) in [6, 6.07) is 1.75. The van der Waals surface area contributed by atoms with E-state index in [0.29, 0.717) is 17.2 Å². The first-order valence-electron chi connectivity index (χ1n) is 5.33. The fraction of sp³-hybridized carbons (Fsp3) is 0.400. The third-order valence-corrected chi connectivity index (χ3v) is 3.14. The van der Waals surface area contributed by atoms with Gasteiger partial charge in [0.05, 0.1) is 12.3 Å². The van der Waals surface area contributed by atoms with E-state index < -0.39 is 0 Å². The Morgan fingerprint density at radius 3 is 3.17 bits per heavy atom. The van der Waals surface area contributed by atoms with Gasteiger partial charge in [-0.1, -0.05) is 0 Å². The third-order valence-electron chi connectivity index (χ3n) is 2.24. The Kier molecular flexibility index (Phi) is 4.00. The number of amides is 1. The summed E-state index contributed by atoms with van der Waals surface area (Å²) in [5, 5.41) is 15.6. The van der Waals surface area contributed by atoms with Crippen LogP contribution in [0.5, 0.6) is 0 Å². The summed E-state index contributed by atoms with van der Waals surface area (Å²) in [6.07, 6.45) is 1.46. The molecule has 0 fully saturated rings. The summed E-state index contributed by atoms with van der Waals surface area (Å²) >= 11 is 1.35. The second-order valence-electron chi connectivity index (χ2n) is 3.72. The van der Waals surface area contributed by atoms with Crippen LogP contribution in [0.4, 0.5) is 0 Å². The molecule has 0 unspecified atom stereocenters. The van der Waals surface area contributed by atoms with E-state index in [1.54, 1.807) is 13.2 Å². The minimum atomic E-state index is -0.153. The second kappa shape index (κ2) is 5.69. The van der Waals surface area contributed by atoms with Gasteiger partial charge in [-0.15, -0.1) is 16.4 Å². The van der Waals surface area contributed by atoms with Gasteiger partial charge in [0.15, 0.2) is 0 Å². The van der Waals surface area contributed by atoms with E-state index in [1.165, 1.54) is 22.3 Å². The van der Waals surface area contributed by atoms with Crippen LogP contribution in [-0.2, 0) is 4.74 Å². The zero-order valence-electron chi connectivity index (χ0n) is 10.0. The van der Waals surface area contributed by atoms with Crippen LogP contribution >= 0.6 is 11.3 Å². The van der Waals surface area contributed by atoms with E-state index in [-0.39, 0.29) is 11.9 Å². The van der Waals surface area contributed by atoms with Gasteiger partial charge in [-0.25, -0.2) is 0 Å². The molecule has 1 atom stereocenters. The largest absolute Gasteiger partial charge is 0.383 e. The molecule has 96 valence electrons. The van der Waals surface area contributed by atoms with Crippen LogP contribution in [0.3, 0.4) is 0 Å². The minimum Gasteiger partial charge on any atom is -0.383 e. The third kappa shape index (κ3) is 2.71. The Morgan fingerprint density at radius 2 is 2.50 bits per heavy atom. The van der Waals surface area contributed by atoms with Gasteiger partial charge < -0.3 is 10.1 Å². The first-order chi connectivity index (χ1) is 8.72. The monoisotopic (exact) mass is 267 g/mol. The summed E-state index contributed by atoms with van der Waals surface area (Å²) < 4.78 is 6.44. The van der Waals surface area contributed by atoms with Gasteiger partial charge in [-0.3, -0.25) is 4.79 Å². The Bertz CT molecular complexity index is 510. The molecule has 2 aromatic rings. The standard InChI is InChI=1S/C10H13N5O2S/c1-7(5-17-2)12-10(16)9-8(3-4-18-9)15-6-11-13-14-15/h3-4,6-7H,5H2,1-2H3,(H,12,16)/t7-/m0/s1. The first kappa shape index (κ1) is 12.7. The number of rotatable bonds is 5. The molecule has 2 aromatic heterocycles. The molecule has 0 saturated heterocycles. The topological polar surface area (TPSA) is 81.9 Å². The summed E-state index contributed by atoms with van der Waals surface area (Å²) in [5.74, 6) is -0.153. The van der Waals surface area contributed by atoms with Crippen molar-refractivity contribution in [1.82, 2.24) is 25.5 Å². The molecule has 0 bridgehead atoms. The van der Waals surface area contributed by atoms with Crippen molar-refractivity contribution in [3.05, 3.63) is 22.7 Å². The first-order valence-corrected chi connectivity index (χ1v) is 6.21. The molecule has 0 aliphatic heterocycles. The molecule has 2 rings (SSSR count). The van der Waals surface area contributed by atoms with E-state index in [9.17, 15) is 4.79 Å². The molecule has 0 radical (unpaired) electrons. The Hall–Kier alpha value is -1.80. The zero-order chi connectivity index (χ0) is 13.0. The number of methoxy groups -OCH3 is 1. The molecule has 18 heavy (non-hydrogen) atoms. The fourth-order valence-corrected chi connectivity index (χ4v) is 2.29. The Morgan fingerprint density at radius 1 is 1.67 bits per heavy atom. The lowest BCUT2D eigenvalue weighted by Gasteiger charge is -2.12. The maximum atomic E-state index is 12.1. The van der Waals surface area contributed by atoms with E-state index in [0.717, 1.165) is 0 Å². The molecular weight excluding hydrogens is 254 g/mol. The summed E-state index contributed by atoms with van der Waals surface area (Å²) in [5.41, 5.74) is 0.673. The van der Waals surface area contributed by atoms with Gasteiger partial charge in [-0.2, -0.15) is 4.68 Å². The van der Waals surface area contributed by atoms with Crippen molar-refractivity contribution in [2.75, 3.05) is 13.7 Å². The Labute approximate surface area is 108 Å². The molecule has 0 spiro atoms. The second-order valence-corrected chi connectivity index (χ2v) is 4.64. The Balaban J connectivity index is 2.14. The van der Waals surface area contributed by atoms with Crippen molar-refractivity contribution in [3.63, 3.8) is 0 Å². The lowest BCUT2D eigenvalue weighted by atomic mass is 10.3. The fourth-order valence-electron chi connectivity index (χ4n) is 1.51. The van der Waals surface area contributed by atoms with Gasteiger partial charge in [-0.05, 0) is 28.8 Å². The predicted molar refractivity (Wildman–Crippen MR) is 65.8 cm³/mol. The number of nitrogens with one attached hydrogen (secondary N) is 1. The van der Waals surface area contributed by atoms with Crippen LogP contribution in [0.15, 0.2) is 17.8 Å². The maximum Gasteiger partial charge on any atom is 0.263 e. The van der Waals surface area contributed by atoms with Crippen molar-refractivity contribution in [2.24, 2.45) is 0 Å². The molecule has 7 nitrogen and oxygen atoms in total. The molecule has 0 aromatic carbocycles. The average Bonchev–Trinajstić information content (AvgIpc) is 3.00. The van der Waals surface area contributed by atoms with Crippen molar-refractivity contribution in [3.8, 4) is 5.69 Å². The van der Waals surface area contributed by atoms with Crippen LogP contribution in [0, 0.1) is 0 Å². The van der Waals surface area contributed by atoms with Crippen molar-refractivity contribution >= 4 is 17.2 Å². The number of hydrogen-bond donors (Lipinski definition) is 1. The maximum absolute atomic E-state index is 12.1. The van der Waals surface area contributed by atoms with Crippen LogP contribution in [0.2, 0.25) is 0 Å². The van der Waals surface area contributed by atoms with Gasteiger partial charge in [0.2, 0.25) is 0 Å². The summed E-state index contributed by atoms with van der Waals surface area (Å²) in [4.78, 5) is 12.6. The van der Waals surface area contributed by atoms with Gasteiger partial charge in [0.25, 0.3) is 5.91 Å². The summed E-state index contributed by atoms with van der Waals surface area (Å²) in [6.45, 7) is 2.35. The number of thiophene rings is 1. The van der Waals surface area contributed by atoms with Gasteiger partial charge >= 0.3 is 0 Å². The number of aromatic nitrogens is 4. The number of tetrazole rings is 1. The average molecular weight is 267 g/mol. The van der Waals surface area contributed by atoms with E-state index in [1.807, 2.05) is 12.3 Å². The normalized spacial score (nSPS) is 12.3. The molecule has 1 amide bonds. The highest BCUT2D eigenvalue weighted by Crippen LogP contribution is 2.19. The van der Waals surface area contributed by atoms with Crippen molar-refractivity contribution in [2.45, 2.75) is 13.0 Å². The quantitative estimate of drug-likeness (QED) is 0.852. The lowest BCUT2D eigenvalue weighted by Crippen LogP contribution is -2.35. The highest BCUT2D eigenvalue weighted by molar-refractivity contribution is 7.12. The van der Waals surface area contributed by atoms with Gasteiger partial charge in [0.1, 0.15) is 11.2 Å². The van der Waals surface area contributed by atoms with Crippen LogP contribution in [0.1, 0.15) is 16.6 Å². The van der Waals surface area contributed by atoms with Crippen molar-refractivity contribution < 1.29 is 9.53 Å². The molecule has 0 saturated carbocycles. The minimum absolute atomic E-state index is 0.0497. The number of carbonyl (C=O) groups excluding carboxylic acids is 1. The SMILES string of the molecule is COC[C@H](C)NC(=O)c1sccc1-n1cnnn1. The van der Waals surface area contributed by atoms with Crippen LogP contribution in [0.25, 0.3) is 5.69 Å². The molecular formula is C10H13N5O2S. The molecule has 2 heterocycles. The smallest absolute Gasteiger partial charge is 0.263 e. The summed E-state index contributed by atoms with van der Waals surface area (Å²) in [7, 11) is 1.60. The highest BCUT2D eigenvalue weighted by atomic mass is 32.1. The van der Waals surface area contributed by atoms with E-state index >= 15 is 0 Å². The van der Waals surface area contributed by atoms with Crippen LogP contribution < -0.4 is 5.32 Å². The van der Waals surface area contributed by atoms with Crippen LogP contribution in [-0.4, -0.2) is 45.9 Å². The molecule has 0 aliphatic carbocycles.